The van der Waals surface area contributed by atoms with Crippen molar-refractivity contribution in [3.8, 4) is 0 Å². The van der Waals surface area contributed by atoms with Crippen molar-refractivity contribution in [2.45, 2.75) is 30.7 Å². The lowest BCUT2D eigenvalue weighted by Crippen LogP contribution is -2.41. The summed E-state index contributed by atoms with van der Waals surface area (Å²) in [6, 6.07) is 8.62. The SMILES string of the molecule is CCNC(CSc1ccc(Cl)cc1)C1CCCOC1. The number of thioether (sulfide) groups is 1. The third-order valence-corrected chi connectivity index (χ3v) is 4.86. The van der Waals surface area contributed by atoms with Crippen molar-refractivity contribution in [1.82, 2.24) is 5.32 Å². The van der Waals surface area contributed by atoms with Gasteiger partial charge in [0.15, 0.2) is 0 Å². The highest BCUT2D eigenvalue weighted by molar-refractivity contribution is 7.99. The molecule has 0 spiro atoms. The molecule has 0 radical (unpaired) electrons. The molecule has 1 aliphatic heterocycles. The molecule has 1 aliphatic rings. The van der Waals surface area contributed by atoms with Crippen LogP contribution in [0.4, 0.5) is 0 Å². The van der Waals surface area contributed by atoms with Gasteiger partial charge < -0.3 is 10.1 Å². The number of hydrogen-bond acceptors (Lipinski definition) is 3. The molecule has 0 amide bonds. The van der Waals surface area contributed by atoms with Gasteiger partial charge in [0.2, 0.25) is 0 Å². The maximum absolute atomic E-state index is 5.91. The average molecular weight is 300 g/mol. The second-order valence-electron chi connectivity index (χ2n) is 4.91. The molecule has 2 unspecified atom stereocenters. The molecule has 0 bridgehead atoms. The Morgan fingerprint density at radius 2 is 2.21 bits per heavy atom. The summed E-state index contributed by atoms with van der Waals surface area (Å²) in [6.45, 7) is 5.02. The Morgan fingerprint density at radius 1 is 1.42 bits per heavy atom. The fraction of sp³-hybridized carbons (Fsp3) is 0.600. The molecule has 2 rings (SSSR count). The molecule has 1 aromatic rings. The summed E-state index contributed by atoms with van der Waals surface area (Å²) in [5.41, 5.74) is 0. The first kappa shape index (κ1) is 15.2. The third-order valence-electron chi connectivity index (χ3n) is 3.47. The summed E-state index contributed by atoms with van der Waals surface area (Å²) < 4.78 is 5.61. The number of ether oxygens (including phenoxy) is 1. The molecule has 2 nitrogen and oxygen atoms in total. The highest BCUT2D eigenvalue weighted by atomic mass is 35.5. The van der Waals surface area contributed by atoms with Gasteiger partial charge in [-0.2, -0.15) is 0 Å². The molecule has 0 aromatic heterocycles. The van der Waals surface area contributed by atoms with Crippen LogP contribution in [-0.2, 0) is 4.74 Å². The van der Waals surface area contributed by atoms with E-state index in [4.69, 9.17) is 16.3 Å². The van der Waals surface area contributed by atoms with Crippen LogP contribution in [0.1, 0.15) is 19.8 Å². The summed E-state index contributed by atoms with van der Waals surface area (Å²) >= 11 is 7.80. The van der Waals surface area contributed by atoms with E-state index in [2.05, 4.69) is 24.4 Å². The van der Waals surface area contributed by atoms with Crippen LogP contribution < -0.4 is 5.32 Å². The zero-order valence-electron chi connectivity index (χ0n) is 11.4. The van der Waals surface area contributed by atoms with E-state index in [-0.39, 0.29) is 0 Å². The lowest BCUT2D eigenvalue weighted by molar-refractivity contribution is 0.0429. The van der Waals surface area contributed by atoms with E-state index in [1.807, 2.05) is 23.9 Å². The molecule has 0 saturated carbocycles. The van der Waals surface area contributed by atoms with Crippen molar-refractivity contribution in [3.05, 3.63) is 29.3 Å². The van der Waals surface area contributed by atoms with Gasteiger partial charge in [0.05, 0.1) is 6.61 Å². The number of nitrogens with one attached hydrogen (secondary N) is 1. The van der Waals surface area contributed by atoms with E-state index < -0.39 is 0 Å². The van der Waals surface area contributed by atoms with Gasteiger partial charge in [-0.05, 0) is 49.6 Å². The summed E-state index contributed by atoms with van der Waals surface area (Å²) in [5.74, 6) is 1.73. The first-order valence-electron chi connectivity index (χ1n) is 6.99. The fourth-order valence-corrected chi connectivity index (χ4v) is 3.64. The van der Waals surface area contributed by atoms with Crippen molar-refractivity contribution in [2.24, 2.45) is 5.92 Å². The molecule has 1 saturated heterocycles. The van der Waals surface area contributed by atoms with Gasteiger partial charge in [-0.15, -0.1) is 11.8 Å². The highest BCUT2D eigenvalue weighted by Crippen LogP contribution is 2.25. The topological polar surface area (TPSA) is 21.3 Å². The second kappa shape index (κ2) is 8.15. The smallest absolute Gasteiger partial charge is 0.0509 e. The van der Waals surface area contributed by atoms with Gasteiger partial charge in [-0.25, -0.2) is 0 Å². The maximum atomic E-state index is 5.91. The second-order valence-corrected chi connectivity index (χ2v) is 6.44. The fourth-order valence-electron chi connectivity index (χ4n) is 2.42. The van der Waals surface area contributed by atoms with Crippen LogP contribution in [0.15, 0.2) is 29.2 Å². The highest BCUT2D eigenvalue weighted by Gasteiger charge is 2.23. The van der Waals surface area contributed by atoms with Gasteiger partial charge in [0.25, 0.3) is 0 Å². The number of halogens is 1. The minimum atomic E-state index is 0.533. The molecular weight excluding hydrogens is 278 g/mol. The Balaban J connectivity index is 1.87. The van der Waals surface area contributed by atoms with Crippen molar-refractivity contribution in [3.63, 3.8) is 0 Å². The molecule has 106 valence electrons. The van der Waals surface area contributed by atoms with Crippen LogP contribution in [0.25, 0.3) is 0 Å². The molecule has 1 heterocycles. The van der Waals surface area contributed by atoms with E-state index in [1.165, 1.54) is 17.7 Å². The van der Waals surface area contributed by atoms with Gasteiger partial charge in [0, 0.05) is 28.3 Å². The molecular formula is C15H22ClNOS. The molecule has 1 N–H and O–H groups in total. The predicted octanol–water partition coefficient (Wildman–Crippen LogP) is 3.84. The quantitative estimate of drug-likeness (QED) is 0.807. The van der Waals surface area contributed by atoms with E-state index in [1.54, 1.807) is 0 Å². The summed E-state index contributed by atoms with van der Waals surface area (Å²) in [4.78, 5) is 1.28. The van der Waals surface area contributed by atoms with Crippen molar-refractivity contribution >= 4 is 23.4 Å². The first-order chi connectivity index (χ1) is 9.29. The largest absolute Gasteiger partial charge is 0.381 e. The molecule has 0 aliphatic carbocycles. The Bertz CT molecular complexity index is 365. The van der Waals surface area contributed by atoms with E-state index in [9.17, 15) is 0 Å². The van der Waals surface area contributed by atoms with E-state index in [0.717, 1.165) is 30.5 Å². The Kier molecular flexibility index (Phi) is 6.51. The van der Waals surface area contributed by atoms with Crippen molar-refractivity contribution in [2.75, 3.05) is 25.5 Å². The van der Waals surface area contributed by atoms with Crippen molar-refractivity contribution in [1.29, 1.82) is 0 Å². The minimum Gasteiger partial charge on any atom is -0.381 e. The molecule has 19 heavy (non-hydrogen) atoms. The van der Waals surface area contributed by atoms with Crippen LogP contribution in [0.3, 0.4) is 0 Å². The van der Waals surface area contributed by atoms with E-state index in [0.29, 0.717) is 12.0 Å². The molecule has 2 atom stereocenters. The van der Waals surface area contributed by atoms with Gasteiger partial charge in [-0.1, -0.05) is 18.5 Å². The summed E-state index contributed by atoms with van der Waals surface area (Å²) in [5, 5.41) is 4.41. The standard InChI is InChI=1S/C15H22ClNOS/c1-2-17-15(12-4-3-9-18-10-12)11-19-14-7-5-13(16)6-8-14/h5-8,12,15,17H,2-4,9-11H2,1H3. The Morgan fingerprint density at radius 3 is 2.84 bits per heavy atom. The van der Waals surface area contributed by atoms with Crippen LogP contribution in [0.2, 0.25) is 5.02 Å². The number of hydrogen-bond donors (Lipinski definition) is 1. The van der Waals surface area contributed by atoms with Gasteiger partial charge in [-0.3, -0.25) is 0 Å². The zero-order valence-corrected chi connectivity index (χ0v) is 13.0. The summed E-state index contributed by atoms with van der Waals surface area (Å²) in [6.07, 6.45) is 2.47. The van der Waals surface area contributed by atoms with Crippen LogP contribution >= 0.6 is 23.4 Å². The summed E-state index contributed by atoms with van der Waals surface area (Å²) in [7, 11) is 0. The minimum absolute atomic E-state index is 0.533. The van der Waals surface area contributed by atoms with Crippen molar-refractivity contribution < 1.29 is 4.74 Å². The monoisotopic (exact) mass is 299 g/mol. The average Bonchev–Trinajstić information content (AvgIpc) is 2.46. The van der Waals surface area contributed by atoms with Crippen LogP contribution in [0, 0.1) is 5.92 Å². The first-order valence-corrected chi connectivity index (χ1v) is 8.35. The molecule has 1 fully saturated rings. The number of benzene rings is 1. The molecule has 1 aromatic carbocycles. The van der Waals surface area contributed by atoms with E-state index >= 15 is 0 Å². The Hall–Kier alpha value is -0.220. The zero-order chi connectivity index (χ0) is 13.5. The van der Waals surface area contributed by atoms with Crippen LogP contribution in [-0.4, -0.2) is 31.6 Å². The maximum Gasteiger partial charge on any atom is 0.0509 e. The molecule has 4 heteroatoms. The lowest BCUT2D eigenvalue weighted by atomic mass is 9.95. The number of rotatable bonds is 6. The Labute approximate surface area is 125 Å². The lowest BCUT2D eigenvalue weighted by Gasteiger charge is -2.30. The normalized spacial score (nSPS) is 21.3. The third kappa shape index (κ3) is 4.99. The predicted molar refractivity (Wildman–Crippen MR) is 83.2 cm³/mol. The van der Waals surface area contributed by atoms with Gasteiger partial charge in [0.1, 0.15) is 0 Å². The van der Waals surface area contributed by atoms with Crippen LogP contribution in [0.5, 0.6) is 0 Å². The van der Waals surface area contributed by atoms with Gasteiger partial charge >= 0.3 is 0 Å².